The molecule has 0 aliphatic carbocycles. The normalized spacial score (nSPS) is 11.5. The van der Waals surface area contributed by atoms with Crippen LogP contribution in [0.1, 0.15) is 5.82 Å². The van der Waals surface area contributed by atoms with Crippen molar-refractivity contribution in [1.82, 2.24) is 9.55 Å². The van der Waals surface area contributed by atoms with Crippen molar-refractivity contribution >= 4 is 12.4 Å². The average Bonchev–Trinajstić information content (AvgIpc) is 2.36. The quantitative estimate of drug-likeness (QED) is 0.335. The Bertz CT molecular complexity index is 289. The molecule has 0 radical (unpaired) electrons. The standard InChI is InChI=1S/C6H8N4O/c1-5-8-2-3-10(5)6(7)9-4-11/h2-4H,1H3,(H2,7,9,11). The predicted octanol–water partition coefficient (Wildman–Crippen LogP) is -0.489. The zero-order valence-corrected chi connectivity index (χ0v) is 6.06. The monoisotopic (exact) mass is 152 g/mol. The summed E-state index contributed by atoms with van der Waals surface area (Å²) in [6, 6.07) is 0. The number of carbonyl (C=O) groups is 1. The van der Waals surface area contributed by atoms with E-state index in [-0.39, 0.29) is 5.96 Å². The molecule has 0 spiro atoms. The van der Waals surface area contributed by atoms with E-state index in [9.17, 15) is 4.79 Å². The van der Waals surface area contributed by atoms with E-state index in [2.05, 4.69) is 9.98 Å². The Morgan fingerprint density at radius 1 is 1.91 bits per heavy atom. The molecule has 1 aromatic heterocycles. The molecule has 5 nitrogen and oxygen atoms in total. The summed E-state index contributed by atoms with van der Waals surface area (Å²) >= 11 is 0. The Morgan fingerprint density at radius 3 is 3.09 bits per heavy atom. The summed E-state index contributed by atoms with van der Waals surface area (Å²) in [7, 11) is 0. The molecule has 0 aliphatic rings. The Morgan fingerprint density at radius 2 is 2.64 bits per heavy atom. The molecule has 0 saturated carbocycles. The van der Waals surface area contributed by atoms with E-state index >= 15 is 0 Å². The Kier molecular flexibility index (Phi) is 2.00. The van der Waals surface area contributed by atoms with Gasteiger partial charge in [0.2, 0.25) is 12.4 Å². The lowest BCUT2D eigenvalue weighted by Crippen LogP contribution is -2.22. The fraction of sp³-hybridized carbons (Fsp3) is 0.167. The van der Waals surface area contributed by atoms with Gasteiger partial charge in [0.15, 0.2) is 0 Å². The minimum atomic E-state index is 0.134. The first-order chi connectivity index (χ1) is 5.25. The van der Waals surface area contributed by atoms with Gasteiger partial charge in [-0.05, 0) is 6.92 Å². The third-order valence-electron chi connectivity index (χ3n) is 1.26. The number of aliphatic imine (C=N–C) groups is 1. The van der Waals surface area contributed by atoms with E-state index in [1.807, 2.05) is 0 Å². The maximum atomic E-state index is 9.92. The van der Waals surface area contributed by atoms with Crippen molar-refractivity contribution in [2.75, 3.05) is 0 Å². The topological polar surface area (TPSA) is 73.3 Å². The lowest BCUT2D eigenvalue weighted by atomic mass is 10.7. The number of hydrogen-bond acceptors (Lipinski definition) is 2. The molecule has 1 aromatic rings. The van der Waals surface area contributed by atoms with Crippen molar-refractivity contribution in [3.63, 3.8) is 0 Å². The first-order valence-electron chi connectivity index (χ1n) is 3.03. The van der Waals surface area contributed by atoms with E-state index in [1.165, 1.54) is 4.57 Å². The van der Waals surface area contributed by atoms with Crippen LogP contribution in [0.4, 0.5) is 0 Å². The second-order valence-electron chi connectivity index (χ2n) is 1.94. The number of nitrogens with two attached hydrogens (primary N) is 1. The average molecular weight is 152 g/mol. The number of imidazole rings is 1. The molecule has 5 heteroatoms. The second kappa shape index (κ2) is 2.96. The van der Waals surface area contributed by atoms with Crippen LogP contribution in [0.2, 0.25) is 0 Å². The molecule has 0 aromatic carbocycles. The summed E-state index contributed by atoms with van der Waals surface area (Å²) in [6.45, 7) is 1.77. The van der Waals surface area contributed by atoms with E-state index in [4.69, 9.17) is 5.73 Å². The Hall–Kier alpha value is -1.65. The molecule has 0 fully saturated rings. The first-order valence-corrected chi connectivity index (χ1v) is 3.03. The summed E-state index contributed by atoms with van der Waals surface area (Å²) in [5.74, 6) is 0.836. The maximum Gasteiger partial charge on any atom is 0.236 e. The summed E-state index contributed by atoms with van der Waals surface area (Å²) in [6.07, 6.45) is 3.62. The van der Waals surface area contributed by atoms with Gasteiger partial charge in [-0.1, -0.05) is 0 Å². The van der Waals surface area contributed by atoms with Crippen molar-refractivity contribution < 1.29 is 4.79 Å². The molecular formula is C6H8N4O. The number of hydrogen-bond donors (Lipinski definition) is 1. The lowest BCUT2D eigenvalue weighted by molar-refractivity contribution is -0.106. The Labute approximate surface area is 63.6 Å². The molecule has 1 rings (SSSR count). The van der Waals surface area contributed by atoms with Gasteiger partial charge in [-0.15, -0.1) is 0 Å². The van der Waals surface area contributed by atoms with E-state index in [1.54, 1.807) is 19.3 Å². The summed E-state index contributed by atoms with van der Waals surface area (Å²) in [5, 5.41) is 0. The van der Waals surface area contributed by atoms with Gasteiger partial charge < -0.3 is 5.73 Å². The van der Waals surface area contributed by atoms with Crippen molar-refractivity contribution in [2.24, 2.45) is 10.7 Å². The SMILES string of the molecule is Cc1nccn1C(N)=NC=O. The molecule has 1 heterocycles. The number of aromatic nitrogens is 2. The van der Waals surface area contributed by atoms with Crippen LogP contribution in [0.15, 0.2) is 17.4 Å². The van der Waals surface area contributed by atoms with Crippen molar-refractivity contribution in [3.05, 3.63) is 18.2 Å². The fourth-order valence-corrected chi connectivity index (χ4v) is 0.736. The molecule has 11 heavy (non-hydrogen) atoms. The molecule has 0 bridgehead atoms. The number of rotatable bonds is 1. The highest BCUT2D eigenvalue weighted by Crippen LogP contribution is 1.91. The molecule has 1 amide bonds. The molecular weight excluding hydrogens is 144 g/mol. The minimum absolute atomic E-state index is 0.134. The fourth-order valence-electron chi connectivity index (χ4n) is 0.736. The van der Waals surface area contributed by atoms with Gasteiger partial charge >= 0.3 is 0 Å². The predicted molar refractivity (Wildman–Crippen MR) is 40.0 cm³/mol. The maximum absolute atomic E-state index is 9.92. The van der Waals surface area contributed by atoms with Gasteiger partial charge in [0.25, 0.3) is 0 Å². The van der Waals surface area contributed by atoms with Gasteiger partial charge in [0.05, 0.1) is 0 Å². The minimum Gasteiger partial charge on any atom is -0.369 e. The Balaban J connectivity index is 3.01. The molecule has 2 N–H and O–H groups in total. The summed E-state index contributed by atoms with van der Waals surface area (Å²) in [4.78, 5) is 17.2. The number of nitrogens with zero attached hydrogens (tertiary/aromatic N) is 3. The molecule has 0 saturated heterocycles. The van der Waals surface area contributed by atoms with Crippen molar-refractivity contribution in [1.29, 1.82) is 0 Å². The smallest absolute Gasteiger partial charge is 0.236 e. The van der Waals surface area contributed by atoms with Crippen LogP contribution >= 0.6 is 0 Å². The largest absolute Gasteiger partial charge is 0.369 e. The third kappa shape index (κ3) is 1.43. The van der Waals surface area contributed by atoms with E-state index in [0.717, 1.165) is 0 Å². The number of amides is 1. The molecule has 0 aliphatic heterocycles. The number of aryl methyl sites for hydroxylation is 1. The van der Waals surface area contributed by atoms with Crippen LogP contribution in [-0.2, 0) is 4.79 Å². The first kappa shape index (κ1) is 7.46. The highest BCUT2D eigenvalue weighted by molar-refractivity contribution is 5.86. The van der Waals surface area contributed by atoms with Gasteiger partial charge in [0, 0.05) is 12.4 Å². The van der Waals surface area contributed by atoms with Crippen LogP contribution in [0.3, 0.4) is 0 Å². The van der Waals surface area contributed by atoms with Gasteiger partial charge in [0.1, 0.15) is 5.82 Å². The van der Waals surface area contributed by atoms with Gasteiger partial charge in [-0.3, -0.25) is 9.36 Å². The van der Waals surface area contributed by atoms with Crippen LogP contribution in [-0.4, -0.2) is 21.9 Å². The van der Waals surface area contributed by atoms with Crippen LogP contribution in [0.25, 0.3) is 0 Å². The van der Waals surface area contributed by atoms with Crippen LogP contribution < -0.4 is 5.73 Å². The van der Waals surface area contributed by atoms with Crippen molar-refractivity contribution in [3.8, 4) is 0 Å². The summed E-state index contributed by atoms with van der Waals surface area (Å²) in [5.41, 5.74) is 5.39. The molecule has 0 atom stereocenters. The zero-order chi connectivity index (χ0) is 8.27. The second-order valence-corrected chi connectivity index (χ2v) is 1.94. The van der Waals surface area contributed by atoms with E-state index in [0.29, 0.717) is 12.2 Å². The van der Waals surface area contributed by atoms with Crippen LogP contribution in [0.5, 0.6) is 0 Å². The lowest BCUT2D eigenvalue weighted by Gasteiger charge is -1.99. The zero-order valence-electron chi connectivity index (χ0n) is 6.06. The van der Waals surface area contributed by atoms with E-state index < -0.39 is 0 Å². The summed E-state index contributed by atoms with van der Waals surface area (Å²) < 4.78 is 1.52. The third-order valence-corrected chi connectivity index (χ3v) is 1.26. The molecule has 58 valence electrons. The van der Waals surface area contributed by atoms with Crippen molar-refractivity contribution in [2.45, 2.75) is 6.92 Å². The van der Waals surface area contributed by atoms with Crippen LogP contribution in [0, 0.1) is 6.92 Å². The highest BCUT2D eigenvalue weighted by atomic mass is 16.1. The number of carbonyl (C=O) groups excluding carboxylic acids is 1. The van der Waals surface area contributed by atoms with Gasteiger partial charge in [-0.2, -0.15) is 4.99 Å². The van der Waals surface area contributed by atoms with Gasteiger partial charge in [-0.25, -0.2) is 4.98 Å². The molecule has 0 unspecified atom stereocenters. The highest BCUT2D eigenvalue weighted by Gasteiger charge is 1.98.